The van der Waals surface area contributed by atoms with Gasteiger partial charge >= 0.3 is 0 Å². The second kappa shape index (κ2) is 8.10. The minimum absolute atomic E-state index is 0.0158. The average Bonchev–Trinajstić information content (AvgIpc) is 2.83. The first-order chi connectivity index (χ1) is 10.6. The normalized spacial score (nSPS) is 19.2. The van der Waals surface area contributed by atoms with Crippen LogP contribution in [0.2, 0.25) is 0 Å². The molecule has 0 aromatic rings. The Morgan fingerprint density at radius 2 is 1.96 bits per heavy atom. The van der Waals surface area contributed by atoms with Gasteiger partial charge in [-0.05, 0) is 27.2 Å². The number of likely N-dealkylation sites (tertiary alicyclic amines) is 1. The molecule has 1 unspecified atom stereocenters. The van der Waals surface area contributed by atoms with Crippen LogP contribution in [0.1, 0.15) is 47.0 Å². The van der Waals surface area contributed by atoms with Crippen molar-refractivity contribution in [1.82, 2.24) is 14.9 Å². The van der Waals surface area contributed by atoms with Gasteiger partial charge in [-0.25, -0.2) is 13.1 Å². The highest BCUT2D eigenvalue weighted by molar-refractivity contribution is 7.89. The van der Waals surface area contributed by atoms with Crippen LogP contribution in [0.4, 0.5) is 0 Å². The fraction of sp³-hybridized carbons (Fsp3) is 0.867. The Morgan fingerprint density at radius 3 is 2.48 bits per heavy atom. The Hall–Kier alpha value is -1.15. The Labute approximate surface area is 139 Å². The van der Waals surface area contributed by atoms with Crippen LogP contribution in [0.25, 0.3) is 0 Å². The summed E-state index contributed by atoms with van der Waals surface area (Å²) < 4.78 is 25.7. The van der Waals surface area contributed by atoms with Crippen molar-refractivity contribution in [2.45, 2.75) is 52.5 Å². The van der Waals surface area contributed by atoms with Crippen molar-refractivity contribution in [3.8, 4) is 0 Å². The number of nitrogens with zero attached hydrogens (tertiary/aromatic N) is 1. The van der Waals surface area contributed by atoms with E-state index in [1.165, 1.54) is 0 Å². The van der Waals surface area contributed by atoms with Crippen molar-refractivity contribution >= 4 is 21.8 Å². The van der Waals surface area contributed by atoms with E-state index in [4.69, 9.17) is 0 Å². The second-order valence-corrected chi connectivity index (χ2v) is 8.86. The number of hydrogen-bond donors (Lipinski definition) is 2. The Morgan fingerprint density at radius 1 is 1.30 bits per heavy atom. The lowest BCUT2D eigenvalue weighted by Crippen LogP contribution is -2.43. The number of carbonyl (C=O) groups excluding carboxylic acids is 2. The first-order valence-electron chi connectivity index (χ1n) is 8.12. The molecule has 1 aliphatic rings. The van der Waals surface area contributed by atoms with Crippen LogP contribution < -0.4 is 10.0 Å². The van der Waals surface area contributed by atoms with Crippen LogP contribution in [0.5, 0.6) is 0 Å². The summed E-state index contributed by atoms with van der Waals surface area (Å²) in [4.78, 5) is 25.8. The third kappa shape index (κ3) is 6.47. The monoisotopic (exact) mass is 347 g/mol. The number of nitrogens with one attached hydrogen (secondary N) is 2. The molecule has 0 radical (unpaired) electrons. The van der Waals surface area contributed by atoms with Crippen LogP contribution in [0.15, 0.2) is 0 Å². The number of amides is 2. The fourth-order valence-electron chi connectivity index (χ4n) is 2.47. The zero-order valence-corrected chi connectivity index (χ0v) is 15.3. The highest BCUT2D eigenvalue weighted by Gasteiger charge is 2.39. The minimum atomic E-state index is -3.26. The summed E-state index contributed by atoms with van der Waals surface area (Å²) in [5.41, 5.74) is -0.291. The minimum Gasteiger partial charge on any atom is -0.354 e. The number of sulfonamides is 1. The summed E-state index contributed by atoms with van der Waals surface area (Å²) in [5, 5.41) is 2.70. The maximum atomic E-state index is 12.1. The molecule has 2 N–H and O–H groups in total. The lowest BCUT2D eigenvalue weighted by Gasteiger charge is -2.31. The van der Waals surface area contributed by atoms with Crippen LogP contribution >= 0.6 is 0 Å². The number of hydrogen-bond acceptors (Lipinski definition) is 4. The average molecular weight is 347 g/mol. The van der Waals surface area contributed by atoms with Gasteiger partial charge in [0.05, 0.1) is 11.7 Å². The fourth-order valence-corrected chi connectivity index (χ4v) is 3.70. The lowest BCUT2D eigenvalue weighted by atomic mass is 10.1. The molecule has 134 valence electrons. The maximum Gasteiger partial charge on any atom is 0.225 e. The van der Waals surface area contributed by atoms with E-state index in [0.29, 0.717) is 13.0 Å². The third-order valence-corrected chi connectivity index (χ3v) is 5.29. The second-order valence-electron chi connectivity index (χ2n) is 6.93. The van der Waals surface area contributed by atoms with Crippen LogP contribution in [-0.4, -0.2) is 56.1 Å². The Bertz CT molecular complexity index is 525. The van der Waals surface area contributed by atoms with Crippen LogP contribution in [-0.2, 0) is 19.6 Å². The summed E-state index contributed by atoms with van der Waals surface area (Å²) in [6.07, 6.45) is 1.65. The Balaban J connectivity index is 2.34. The van der Waals surface area contributed by atoms with Crippen molar-refractivity contribution < 1.29 is 18.0 Å². The predicted octanol–water partition coefficient (Wildman–Crippen LogP) is 0.469. The molecule has 1 fully saturated rings. The SMILES string of the molecule is CCCCS(=O)(=O)NCCNC(=O)C1CC(=O)N(C(C)(C)C)C1. The van der Waals surface area contributed by atoms with E-state index in [2.05, 4.69) is 10.0 Å². The van der Waals surface area contributed by atoms with Crippen molar-refractivity contribution in [3.05, 3.63) is 0 Å². The van der Waals surface area contributed by atoms with Gasteiger partial charge in [-0.1, -0.05) is 13.3 Å². The van der Waals surface area contributed by atoms with Gasteiger partial charge in [0.15, 0.2) is 0 Å². The summed E-state index contributed by atoms with van der Waals surface area (Å²) in [5.74, 6) is -0.469. The molecule has 0 aromatic carbocycles. The number of rotatable bonds is 8. The zero-order valence-electron chi connectivity index (χ0n) is 14.5. The van der Waals surface area contributed by atoms with Gasteiger partial charge in [0.25, 0.3) is 0 Å². The predicted molar refractivity (Wildman–Crippen MR) is 89.3 cm³/mol. The smallest absolute Gasteiger partial charge is 0.225 e. The van der Waals surface area contributed by atoms with Gasteiger partial charge in [-0.15, -0.1) is 0 Å². The Kier molecular flexibility index (Phi) is 7.01. The standard InChI is InChI=1S/C15H29N3O4S/c1-5-6-9-23(21,22)17-8-7-16-14(20)12-10-13(19)18(11-12)15(2,3)4/h12,17H,5-11H2,1-4H3,(H,16,20). The van der Waals surface area contributed by atoms with Gasteiger partial charge in [-0.2, -0.15) is 0 Å². The number of unbranched alkanes of at least 4 members (excludes halogenated alkanes) is 1. The molecule has 1 heterocycles. The molecular formula is C15H29N3O4S. The molecule has 0 bridgehead atoms. The van der Waals surface area contributed by atoms with Gasteiger partial charge in [0.1, 0.15) is 0 Å². The van der Waals surface area contributed by atoms with E-state index in [-0.39, 0.29) is 48.5 Å². The van der Waals surface area contributed by atoms with E-state index >= 15 is 0 Å². The van der Waals surface area contributed by atoms with Gasteiger partial charge < -0.3 is 10.2 Å². The van der Waals surface area contributed by atoms with E-state index in [1.807, 2.05) is 27.7 Å². The molecule has 8 heteroatoms. The van der Waals surface area contributed by atoms with Crippen LogP contribution in [0.3, 0.4) is 0 Å². The largest absolute Gasteiger partial charge is 0.354 e. The quantitative estimate of drug-likeness (QED) is 0.624. The molecule has 1 atom stereocenters. The van der Waals surface area contributed by atoms with Crippen molar-refractivity contribution in [2.75, 3.05) is 25.4 Å². The molecule has 0 saturated carbocycles. The van der Waals surface area contributed by atoms with Crippen LogP contribution in [0, 0.1) is 5.92 Å². The lowest BCUT2D eigenvalue weighted by molar-refractivity contribution is -0.132. The molecule has 0 spiro atoms. The van der Waals surface area contributed by atoms with E-state index < -0.39 is 10.0 Å². The summed E-state index contributed by atoms with van der Waals surface area (Å²) in [6.45, 7) is 8.56. The van der Waals surface area contributed by atoms with E-state index in [0.717, 1.165) is 6.42 Å². The molecular weight excluding hydrogens is 318 g/mol. The first-order valence-corrected chi connectivity index (χ1v) is 9.77. The van der Waals surface area contributed by atoms with Gasteiger partial charge in [0.2, 0.25) is 21.8 Å². The highest BCUT2D eigenvalue weighted by Crippen LogP contribution is 2.25. The molecule has 0 aromatic heterocycles. The van der Waals surface area contributed by atoms with E-state index in [1.54, 1.807) is 4.90 Å². The van der Waals surface area contributed by atoms with E-state index in [9.17, 15) is 18.0 Å². The molecule has 1 rings (SSSR count). The summed E-state index contributed by atoms with van der Waals surface area (Å²) in [6, 6.07) is 0. The highest BCUT2D eigenvalue weighted by atomic mass is 32.2. The summed E-state index contributed by atoms with van der Waals surface area (Å²) >= 11 is 0. The maximum absolute atomic E-state index is 12.1. The van der Waals surface area contributed by atoms with Gasteiger partial charge in [-0.3, -0.25) is 9.59 Å². The number of carbonyl (C=O) groups is 2. The molecule has 0 aliphatic carbocycles. The van der Waals surface area contributed by atoms with Crippen molar-refractivity contribution in [1.29, 1.82) is 0 Å². The molecule has 2 amide bonds. The summed E-state index contributed by atoms with van der Waals surface area (Å²) in [7, 11) is -3.26. The van der Waals surface area contributed by atoms with Gasteiger partial charge in [0, 0.05) is 31.6 Å². The topological polar surface area (TPSA) is 95.6 Å². The van der Waals surface area contributed by atoms with Crippen molar-refractivity contribution in [2.24, 2.45) is 5.92 Å². The zero-order chi connectivity index (χ0) is 17.7. The molecule has 23 heavy (non-hydrogen) atoms. The van der Waals surface area contributed by atoms with Crippen molar-refractivity contribution in [3.63, 3.8) is 0 Å². The third-order valence-electron chi connectivity index (χ3n) is 3.82. The first kappa shape index (κ1) is 19.9. The molecule has 1 aliphatic heterocycles. The molecule has 7 nitrogen and oxygen atoms in total. The molecule has 1 saturated heterocycles.